The number of aromatic nitrogens is 4. The summed E-state index contributed by atoms with van der Waals surface area (Å²) in [5.41, 5.74) is 0.441. The highest BCUT2D eigenvalue weighted by atomic mass is 35.5. The first-order chi connectivity index (χ1) is 20.6. The predicted octanol–water partition coefficient (Wildman–Crippen LogP) is 2.96. The maximum absolute atomic E-state index is 13.5. The van der Waals surface area contributed by atoms with Crippen LogP contribution >= 0.6 is 11.6 Å². The van der Waals surface area contributed by atoms with Crippen molar-refractivity contribution in [2.45, 2.75) is 37.4 Å². The number of nitrogens with one attached hydrogen (secondary N) is 5. The normalized spacial score (nSPS) is 17.5. The van der Waals surface area contributed by atoms with Gasteiger partial charge in [-0.3, -0.25) is 14.7 Å². The Labute approximate surface area is 248 Å². The minimum Gasteiger partial charge on any atom is -0.337 e. The van der Waals surface area contributed by atoms with Crippen LogP contribution in [0.4, 0.5) is 23.7 Å². The van der Waals surface area contributed by atoms with Gasteiger partial charge in [0.1, 0.15) is 0 Å². The van der Waals surface area contributed by atoms with Gasteiger partial charge < -0.3 is 30.7 Å². The number of amides is 4. The van der Waals surface area contributed by atoms with Crippen LogP contribution in [-0.4, -0.2) is 93.1 Å². The number of benzene rings is 1. The molecule has 0 atom stereocenters. The molecular weight excluding hydrogens is 591 g/mol. The number of piperazine rings is 1. The molecule has 1 aromatic carbocycles. The van der Waals surface area contributed by atoms with E-state index < -0.39 is 17.8 Å². The lowest BCUT2D eigenvalue weighted by molar-refractivity contribution is -0.141. The van der Waals surface area contributed by atoms with E-state index in [0.717, 1.165) is 25.9 Å². The van der Waals surface area contributed by atoms with Crippen LogP contribution in [0.25, 0.3) is 0 Å². The molecule has 5 N–H and O–H groups in total. The third-order valence-electron chi connectivity index (χ3n) is 7.78. The van der Waals surface area contributed by atoms with E-state index >= 15 is 0 Å². The molecule has 0 spiro atoms. The Kier molecular flexibility index (Phi) is 7.77. The maximum Gasteiger partial charge on any atom is 0.435 e. The first-order valence-electron chi connectivity index (χ1n) is 13.9. The average Bonchev–Trinajstić information content (AvgIpc) is 3.52. The molecule has 3 aliphatic rings. The number of rotatable bonds is 7. The zero-order valence-electron chi connectivity index (χ0n) is 22.9. The molecule has 2 saturated heterocycles. The van der Waals surface area contributed by atoms with Crippen LogP contribution in [0.3, 0.4) is 0 Å². The molecule has 12 nitrogen and oxygen atoms in total. The van der Waals surface area contributed by atoms with Crippen molar-refractivity contribution in [3.8, 4) is 0 Å². The molecule has 1 aliphatic carbocycles. The summed E-state index contributed by atoms with van der Waals surface area (Å²) in [6.45, 7) is 3.01. The summed E-state index contributed by atoms with van der Waals surface area (Å²) in [7, 11) is 0. The van der Waals surface area contributed by atoms with E-state index in [4.69, 9.17) is 11.6 Å². The molecule has 3 fully saturated rings. The third-order valence-corrected chi connectivity index (χ3v) is 8.10. The van der Waals surface area contributed by atoms with Crippen molar-refractivity contribution in [3.05, 3.63) is 63.5 Å². The van der Waals surface area contributed by atoms with Gasteiger partial charge >= 0.3 is 12.2 Å². The van der Waals surface area contributed by atoms with Crippen LogP contribution in [0.15, 0.2) is 24.4 Å². The van der Waals surface area contributed by atoms with Gasteiger partial charge in [0.15, 0.2) is 11.5 Å². The van der Waals surface area contributed by atoms with Gasteiger partial charge in [0, 0.05) is 80.4 Å². The number of alkyl halides is 3. The number of urea groups is 1. The van der Waals surface area contributed by atoms with E-state index in [1.54, 1.807) is 9.80 Å². The minimum absolute atomic E-state index is 0.0227. The molecule has 0 bridgehead atoms. The molecule has 0 unspecified atom stereocenters. The van der Waals surface area contributed by atoms with Gasteiger partial charge in [0.2, 0.25) is 0 Å². The van der Waals surface area contributed by atoms with Gasteiger partial charge in [-0.2, -0.15) is 18.3 Å². The number of imidazole rings is 1. The summed E-state index contributed by atoms with van der Waals surface area (Å²) in [5.74, 6) is -0.981. The molecule has 2 aromatic heterocycles. The maximum atomic E-state index is 13.5. The molecule has 0 radical (unpaired) electrons. The summed E-state index contributed by atoms with van der Waals surface area (Å²) in [4.78, 5) is 48.4. The fourth-order valence-corrected chi connectivity index (χ4v) is 5.41. The molecule has 6 rings (SSSR count). The zero-order chi connectivity index (χ0) is 30.3. The van der Waals surface area contributed by atoms with E-state index in [1.807, 2.05) is 0 Å². The Morgan fingerprint density at radius 3 is 2.42 bits per heavy atom. The largest absolute Gasteiger partial charge is 0.435 e. The Hall–Kier alpha value is -4.11. The lowest BCUT2D eigenvalue weighted by Gasteiger charge is -2.37. The first-order valence-corrected chi connectivity index (χ1v) is 14.3. The van der Waals surface area contributed by atoms with Crippen LogP contribution < -0.4 is 16.0 Å². The van der Waals surface area contributed by atoms with Crippen molar-refractivity contribution in [2.24, 2.45) is 0 Å². The standard InChI is InChI=1S/C27H29ClF3N9O3/c28-20-10-15(3-4-18(20)25(42)39-5-7-40(8-6-39)26(43)36-17-11-32-12-17)35-24(41)23-33-13-16(34-23)9-19-21(14-1-2-14)37-38-22(19)27(29,30)31/h3-4,10,13-14,17,32H,1-2,5-9,11-12H2,(H,33,34)(H,35,41)(H,36,43)(H,37,38). The predicted molar refractivity (Wildman–Crippen MR) is 149 cm³/mol. The molecule has 16 heteroatoms. The second-order valence-electron chi connectivity index (χ2n) is 10.9. The minimum atomic E-state index is -4.61. The fraction of sp³-hybridized carbons (Fsp3) is 0.444. The van der Waals surface area contributed by atoms with Crippen molar-refractivity contribution in [2.75, 3.05) is 44.6 Å². The van der Waals surface area contributed by atoms with Crippen LogP contribution in [0, 0.1) is 0 Å². The summed E-state index contributed by atoms with van der Waals surface area (Å²) in [6, 6.07) is 4.47. The molecule has 1 saturated carbocycles. The molecule has 3 aromatic rings. The highest BCUT2D eigenvalue weighted by Crippen LogP contribution is 2.44. The number of halogens is 4. The van der Waals surface area contributed by atoms with Crippen LogP contribution in [0.1, 0.15) is 62.4 Å². The van der Waals surface area contributed by atoms with E-state index in [1.165, 1.54) is 24.4 Å². The molecule has 228 valence electrons. The van der Waals surface area contributed by atoms with E-state index in [-0.39, 0.29) is 52.3 Å². The van der Waals surface area contributed by atoms with Crippen molar-refractivity contribution < 1.29 is 27.6 Å². The second-order valence-corrected chi connectivity index (χ2v) is 11.3. The van der Waals surface area contributed by atoms with Crippen LogP contribution in [0.2, 0.25) is 5.02 Å². The summed E-state index contributed by atoms with van der Waals surface area (Å²) >= 11 is 6.41. The molecule has 2 aliphatic heterocycles. The van der Waals surface area contributed by atoms with Crippen molar-refractivity contribution in [1.29, 1.82) is 0 Å². The quantitative estimate of drug-likeness (QED) is 0.274. The molecule has 4 amide bonds. The highest BCUT2D eigenvalue weighted by molar-refractivity contribution is 6.34. The summed E-state index contributed by atoms with van der Waals surface area (Å²) in [5, 5.41) is 14.9. The van der Waals surface area contributed by atoms with Crippen molar-refractivity contribution >= 4 is 35.1 Å². The van der Waals surface area contributed by atoms with Crippen molar-refractivity contribution in [3.63, 3.8) is 0 Å². The smallest absolute Gasteiger partial charge is 0.337 e. The topological polar surface area (TPSA) is 151 Å². The molecule has 4 heterocycles. The van der Waals surface area contributed by atoms with E-state index in [0.29, 0.717) is 43.3 Å². The average molecular weight is 620 g/mol. The zero-order valence-corrected chi connectivity index (χ0v) is 23.6. The number of nitrogens with zero attached hydrogens (tertiary/aromatic N) is 4. The van der Waals surface area contributed by atoms with Gasteiger partial charge in [-0.15, -0.1) is 0 Å². The highest BCUT2D eigenvalue weighted by Gasteiger charge is 2.40. The number of carbonyl (C=O) groups is 3. The first kappa shape index (κ1) is 29.0. The van der Waals surface area contributed by atoms with Crippen LogP contribution in [0.5, 0.6) is 0 Å². The summed E-state index contributed by atoms with van der Waals surface area (Å²) in [6.07, 6.45) is -1.81. The third kappa shape index (κ3) is 6.32. The lowest BCUT2D eigenvalue weighted by atomic mass is 10.0. The number of hydrogen-bond donors (Lipinski definition) is 5. The molecular formula is C27H29ClF3N9O3. The molecule has 43 heavy (non-hydrogen) atoms. The van der Waals surface area contributed by atoms with Gasteiger partial charge in [-0.25, -0.2) is 9.78 Å². The monoisotopic (exact) mass is 619 g/mol. The van der Waals surface area contributed by atoms with Gasteiger partial charge in [-0.05, 0) is 31.0 Å². The van der Waals surface area contributed by atoms with Gasteiger partial charge in [-0.1, -0.05) is 11.6 Å². The van der Waals surface area contributed by atoms with Gasteiger partial charge in [0.25, 0.3) is 11.8 Å². The number of anilines is 1. The number of carbonyl (C=O) groups excluding carboxylic acids is 3. The van der Waals surface area contributed by atoms with E-state index in [2.05, 4.69) is 36.1 Å². The lowest BCUT2D eigenvalue weighted by Crippen LogP contribution is -2.61. The SMILES string of the molecule is O=C(Nc1ccc(C(=O)N2CCN(C(=O)NC3CNC3)CC2)c(Cl)c1)c1ncc(Cc2c(C(F)(F)F)n[nH]c2C2CC2)[nH]1. The number of H-pyrrole nitrogens is 2. The number of hydrogen-bond acceptors (Lipinski definition) is 6. The Morgan fingerprint density at radius 1 is 1.07 bits per heavy atom. The van der Waals surface area contributed by atoms with E-state index in [9.17, 15) is 27.6 Å². The Balaban J connectivity index is 1.06. The summed E-state index contributed by atoms with van der Waals surface area (Å²) < 4.78 is 40.5. The fourth-order valence-electron chi connectivity index (χ4n) is 5.15. The number of aromatic amines is 2. The Morgan fingerprint density at radius 2 is 1.79 bits per heavy atom. The van der Waals surface area contributed by atoms with Crippen LogP contribution in [-0.2, 0) is 12.6 Å². The van der Waals surface area contributed by atoms with Crippen molar-refractivity contribution in [1.82, 2.24) is 40.6 Å². The Bertz CT molecular complexity index is 1540. The second kappa shape index (κ2) is 11.5. The van der Waals surface area contributed by atoms with Gasteiger partial charge in [0.05, 0.1) is 16.6 Å².